The van der Waals surface area contributed by atoms with E-state index in [9.17, 15) is 9.59 Å². The van der Waals surface area contributed by atoms with Crippen molar-refractivity contribution in [2.24, 2.45) is 0 Å². The third-order valence-electron chi connectivity index (χ3n) is 5.95. The third-order valence-corrected chi connectivity index (χ3v) is 5.95. The standard InChI is InChI=1S/C28H40N2O3/c1-7-21(3)29-27(32)25(8-2)30(19-18-22-12-10-9-11-13-22)26(31)20-33-24-16-14-23(15-17-24)28(4,5)6/h9-17,21,25H,7-8,18-20H2,1-6H3,(H,29,32)/t21-,25+/m1/s1. The highest BCUT2D eigenvalue weighted by molar-refractivity contribution is 5.88. The Morgan fingerprint density at radius 2 is 1.61 bits per heavy atom. The molecule has 0 saturated carbocycles. The first-order valence-electron chi connectivity index (χ1n) is 12.0. The molecular weight excluding hydrogens is 412 g/mol. The molecule has 1 N–H and O–H groups in total. The van der Waals surface area contributed by atoms with E-state index in [-0.39, 0.29) is 29.9 Å². The minimum Gasteiger partial charge on any atom is -0.484 e. The molecule has 0 bridgehead atoms. The van der Waals surface area contributed by atoms with Crippen molar-refractivity contribution in [3.63, 3.8) is 0 Å². The highest BCUT2D eigenvalue weighted by Crippen LogP contribution is 2.24. The first-order chi connectivity index (χ1) is 15.7. The third kappa shape index (κ3) is 8.23. The highest BCUT2D eigenvalue weighted by atomic mass is 16.5. The summed E-state index contributed by atoms with van der Waals surface area (Å²) in [6.07, 6.45) is 2.07. The highest BCUT2D eigenvalue weighted by Gasteiger charge is 2.29. The molecule has 0 fully saturated rings. The van der Waals surface area contributed by atoms with Gasteiger partial charge in [-0.25, -0.2) is 0 Å². The number of nitrogens with one attached hydrogen (secondary N) is 1. The van der Waals surface area contributed by atoms with Gasteiger partial charge in [0.2, 0.25) is 5.91 Å². The maximum absolute atomic E-state index is 13.2. The lowest BCUT2D eigenvalue weighted by atomic mass is 9.87. The number of carbonyl (C=O) groups excluding carboxylic acids is 2. The van der Waals surface area contributed by atoms with E-state index in [2.05, 4.69) is 26.1 Å². The number of benzene rings is 2. The number of hydrogen-bond acceptors (Lipinski definition) is 3. The van der Waals surface area contributed by atoms with Gasteiger partial charge in [-0.05, 0) is 54.9 Å². The molecule has 2 amide bonds. The minimum absolute atomic E-state index is 0.0555. The zero-order chi connectivity index (χ0) is 24.4. The molecule has 0 aliphatic rings. The molecular formula is C28H40N2O3. The van der Waals surface area contributed by atoms with Crippen LogP contribution in [0, 0.1) is 0 Å². The van der Waals surface area contributed by atoms with Crippen molar-refractivity contribution < 1.29 is 14.3 Å². The van der Waals surface area contributed by atoms with Gasteiger partial charge in [0.25, 0.3) is 5.91 Å². The van der Waals surface area contributed by atoms with Crippen LogP contribution in [0.2, 0.25) is 0 Å². The molecule has 5 heteroatoms. The lowest BCUT2D eigenvalue weighted by Crippen LogP contribution is -2.52. The second-order valence-corrected chi connectivity index (χ2v) is 9.63. The fourth-order valence-electron chi connectivity index (χ4n) is 3.62. The number of hydrogen-bond donors (Lipinski definition) is 1. The maximum Gasteiger partial charge on any atom is 0.261 e. The number of rotatable bonds is 11. The maximum atomic E-state index is 13.2. The van der Waals surface area contributed by atoms with Crippen LogP contribution in [-0.2, 0) is 21.4 Å². The summed E-state index contributed by atoms with van der Waals surface area (Å²) in [7, 11) is 0. The van der Waals surface area contributed by atoms with Crippen molar-refractivity contribution in [3.05, 3.63) is 65.7 Å². The Hall–Kier alpha value is -2.82. The summed E-state index contributed by atoms with van der Waals surface area (Å²) in [5.41, 5.74) is 2.39. The Balaban J connectivity index is 2.12. The summed E-state index contributed by atoms with van der Waals surface area (Å²) < 4.78 is 5.82. The van der Waals surface area contributed by atoms with Gasteiger partial charge in [-0.15, -0.1) is 0 Å². The second kappa shape index (κ2) is 12.4. The molecule has 2 rings (SSSR count). The van der Waals surface area contributed by atoms with Crippen molar-refractivity contribution in [1.82, 2.24) is 10.2 Å². The summed E-state index contributed by atoms with van der Waals surface area (Å²) in [5, 5.41) is 3.03. The van der Waals surface area contributed by atoms with E-state index >= 15 is 0 Å². The van der Waals surface area contributed by atoms with Crippen molar-refractivity contribution in [2.75, 3.05) is 13.2 Å². The quantitative estimate of drug-likeness (QED) is 0.514. The average molecular weight is 453 g/mol. The largest absolute Gasteiger partial charge is 0.484 e. The van der Waals surface area contributed by atoms with Crippen LogP contribution >= 0.6 is 0 Å². The fourth-order valence-corrected chi connectivity index (χ4v) is 3.62. The van der Waals surface area contributed by atoms with Gasteiger partial charge in [-0.3, -0.25) is 9.59 Å². The minimum atomic E-state index is -0.526. The lowest BCUT2D eigenvalue weighted by Gasteiger charge is -2.31. The monoisotopic (exact) mass is 452 g/mol. The van der Waals surface area contributed by atoms with Gasteiger partial charge in [0.1, 0.15) is 11.8 Å². The zero-order valence-corrected chi connectivity index (χ0v) is 21.1. The fraction of sp³-hybridized carbons (Fsp3) is 0.500. The van der Waals surface area contributed by atoms with E-state index in [1.165, 1.54) is 5.56 Å². The first-order valence-corrected chi connectivity index (χ1v) is 12.0. The summed E-state index contributed by atoms with van der Waals surface area (Å²) in [4.78, 5) is 27.9. The van der Waals surface area contributed by atoms with E-state index in [0.29, 0.717) is 25.1 Å². The molecule has 180 valence electrons. The molecule has 0 spiro atoms. The zero-order valence-electron chi connectivity index (χ0n) is 21.1. The molecule has 2 aromatic carbocycles. The van der Waals surface area contributed by atoms with Crippen LogP contribution in [0.3, 0.4) is 0 Å². The van der Waals surface area contributed by atoms with Crippen LogP contribution in [0.15, 0.2) is 54.6 Å². The average Bonchev–Trinajstić information content (AvgIpc) is 2.80. The van der Waals surface area contributed by atoms with Crippen molar-refractivity contribution in [1.29, 1.82) is 0 Å². The van der Waals surface area contributed by atoms with Gasteiger partial charge >= 0.3 is 0 Å². The van der Waals surface area contributed by atoms with Crippen LogP contribution < -0.4 is 10.1 Å². The molecule has 0 saturated heterocycles. The molecule has 0 aromatic heterocycles. The Morgan fingerprint density at radius 1 is 0.970 bits per heavy atom. The summed E-state index contributed by atoms with van der Waals surface area (Å²) >= 11 is 0. The number of amides is 2. The van der Waals surface area contributed by atoms with Crippen LogP contribution in [-0.4, -0.2) is 41.9 Å². The molecule has 33 heavy (non-hydrogen) atoms. The van der Waals surface area contributed by atoms with Crippen LogP contribution in [0.4, 0.5) is 0 Å². The molecule has 0 aliphatic heterocycles. The molecule has 5 nitrogen and oxygen atoms in total. The van der Waals surface area contributed by atoms with Crippen molar-refractivity contribution in [2.45, 2.75) is 78.3 Å². The predicted octanol–water partition coefficient (Wildman–Crippen LogP) is 5.13. The molecule has 0 radical (unpaired) electrons. The Labute approximate surface area is 199 Å². The lowest BCUT2D eigenvalue weighted by molar-refractivity contribution is -0.142. The van der Waals surface area contributed by atoms with E-state index in [1.54, 1.807) is 4.90 Å². The Bertz CT molecular complexity index is 872. The Morgan fingerprint density at radius 3 is 2.15 bits per heavy atom. The van der Waals surface area contributed by atoms with Gasteiger partial charge < -0.3 is 15.0 Å². The number of ether oxygens (including phenoxy) is 1. The van der Waals surface area contributed by atoms with Gasteiger partial charge in [0.15, 0.2) is 6.61 Å². The number of carbonyl (C=O) groups is 2. The van der Waals surface area contributed by atoms with Gasteiger partial charge in [0.05, 0.1) is 0 Å². The molecule has 0 heterocycles. The van der Waals surface area contributed by atoms with Gasteiger partial charge in [-0.1, -0.05) is 77.1 Å². The summed E-state index contributed by atoms with van der Waals surface area (Å²) in [6, 6.07) is 17.4. The van der Waals surface area contributed by atoms with Gasteiger partial charge in [-0.2, -0.15) is 0 Å². The van der Waals surface area contributed by atoms with Crippen molar-refractivity contribution in [3.8, 4) is 5.75 Å². The molecule has 2 aromatic rings. The molecule has 2 atom stereocenters. The van der Waals surface area contributed by atoms with E-state index in [1.807, 2.05) is 75.4 Å². The van der Waals surface area contributed by atoms with Crippen LogP contribution in [0.1, 0.15) is 65.5 Å². The SMILES string of the molecule is CC[C@@H](C)NC(=O)[C@H](CC)N(CCc1ccccc1)C(=O)COc1ccc(C(C)(C)C)cc1. The molecule has 0 unspecified atom stereocenters. The predicted molar refractivity (Wildman–Crippen MR) is 134 cm³/mol. The smallest absolute Gasteiger partial charge is 0.261 e. The number of nitrogens with zero attached hydrogens (tertiary/aromatic N) is 1. The van der Waals surface area contributed by atoms with Crippen molar-refractivity contribution >= 4 is 11.8 Å². The van der Waals surface area contributed by atoms with Crippen LogP contribution in [0.5, 0.6) is 5.75 Å². The molecule has 0 aliphatic carbocycles. The van der Waals surface area contributed by atoms with E-state index in [4.69, 9.17) is 4.74 Å². The Kier molecular flexibility index (Phi) is 9.95. The van der Waals surface area contributed by atoms with Gasteiger partial charge in [0, 0.05) is 12.6 Å². The summed E-state index contributed by atoms with van der Waals surface area (Å²) in [5.74, 6) is 0.358. The van der Waals surface area contributed by atoms with E-state index in [0.717, 1.165) is 12.0 Å². The van der Waals surface area contributed by atoms with Crippen LogP contribution in [0.25, 0.3) is 0 Å². The topological polar surface area (TPSA) is 58.6 Å². The normalized spacial score (nSPS) is 13.2. The summed E-state index contributed by atoms with van der Waals surface area (Å²) in [6.45, 7) is 12.8. The first kappa shape index (κ1) is 26.4. The second-order valence-electron chi connectivity index (χ2n) is 9.63. The van der Waals surface area contributed by atoms with E-state index < -0.39 is 6.04 Å².